The van der Waals surface area contributed by atoms with Crippen molar-refractivity contribution in [1.82, 2.24) is 0 Å². The van der Waals surface area contributed by atoms with Gasteiger partial charge in [-0.2, -0.15) is 0 Å². The molecule has 1 aliphatic carbocycles. The Hall–Kier alpha value is -7.42. The summed E-state index contributed by atoms with van der Waals surface area (Å²) in [7, 11) is 0. The molecule has 0 aliphatic heterocycles. The summed E-state index contributed by atoms with van der Waals surface area (Å²) in [5, 5.41) is 7.23. The minimum Gasteiger partial charge on any atom is -0.456 e. The first-order valence-electron chi connectivity index (χ1n) is 20.5. The van der Waals surface area contributed by atoms with Gasteiger partial charge in [-0.3, -0.25) is 0 Å². The van der Waals surface area contributed by atoms with Gasteiger partial charge in [-0.05, 0) is 132 Å². The van der Waals surface area contributed by atoms with Gasteiger partial charge in [-0.15, -0.1) is 0 Å². The summed E-state index contributed by atoms with van der Waals surface area (Å²) in [6.07, 6.45) is 0. The highest BCUT2D eigenvalue weighted by atomic mass is 16.3. The second kappa shape index (κ2) is 12.8. The van der Waals surface area contributed by atoms with E-state index in [4.69, 9.17) is 4.42 Å². The van der Waals surface area contributed by atoms with Crippen LogP contribution in [-0.2, 0) is 5.41 Å². The van der Waals surface area contributed by atoms with E-state index < -0.39 is 0 Å². The number of rotatable bonds is 6. The van der Waals surface area contributed by atoms with Crippen LogP contribution in [-0.4, -0.2) is 0 Å². The molecule has 0 atom stereocenters. The summed E-state index contributed by atoms with van der Waals surface area (Å²) in [4.78, 5) is 2.44. The van der Waals surface area contributed by atoms with Gasteiger partial charge >= 0.3 is 0 Å². The van der Waals surface area contributed by atoms with E-state index in [-0.39, 0.29) is 5.41 Å². The lowest BCUT2D eigenvalue weighted by Crippen LogP contribution is -2.16. The number of anilines is 3. The molecule has 12 rings (SSSR count). The van der Waals surface area contributed by atoms with E-state index in [9.17, 15) is 0 Å². The molecular formula is C57H39NO. The van der Waals surface area contributed by atoms with E-state index in [1.54, 1.807) is 0 Å². The van der Waals surface area contributed by atoms with Gasteiger partial charge in [0.25, 0.3) is 0 Å². The van der Waals surface area contributed by atoms with E-state index in [1.807, 2.05) is 0 Å². The molecule has 0 bridgehead atoms. The SMILES string of the molecule is CC1(C)c2cc(N(c3ccc(-c4ccccc4)cc3)c3ccc4c(c3)c3cccc5oc6cc(-c7ccccc7)cc4c6c53)ccc2-c2c(-c3ccccc3)cccc21. The molecular weight excluding hydrogens is 715 g/mol. The summed E-state index contributed by atoms with van der Waals surface area (Å²) >= 11 is 0. The fraction of sp³-hybridized carbons (Fsp3) is 0.0526. The molecule has 0 radical (unpaired) electrons. The van der Waals surface area contributed by atoms with Crippen LogP contribution in [0.25, 0.3) is 88.0 Å². The van der Waals surface area contributed by atoms with Crippen molar-refractivity contribution in [2.75, 3.05) is 4.90 Å². The normalized spacial score (nSPS) is 13.1. The third-order valence-electron chi connectivity index (χ3n) is 12.8. The number of fused-ring (bicyclic) bond motifs is 6. The van der Waals surface area contributed by atoms with E-state index in [0.29, 0.717) is 0 Å². The van der Waals surface area contributed by atoms with Crippen LogP contribution in [0.3, 0.4) is 0 Å². The van der Waals surface area contributed by atoms with Gasteiger partial charge in [-0.25, -0.2) is 0 Å². The number of hydrogen-bond acceptors (Lipinski definition) is 2. The molecule has 11 aromatic rings. The zero-order chi connectivity index (χ0) is 39.2. The van der Waals surface area contributed by atoms with Gasteiger partial charge in [0, 0.05) is 33.2 Å². The van der Waals surface area contributed by atoms with Gasteiger partial charge in [0.1, 0.15) is 11.2 Å². The largest absolute Gasteiger partial charge is 0.456 e. The van der Waals surface area contributed by atoms with Crippen molar-refractivity contribution in [1.29, 1.82) is 0 Å². The molecule has 0 amide bonds. The average Bonchev–Trinajstić information content (AvgIpc) is 3.79. The molecule has 1 aliphatic rings. The lowest BCUT2D eigenvalue weighted by Gasteiger charge is -2.28. The monoisotopic (exact) mass is 753 g/mol. The summed E-state index contributed by atoms with van der Waals surface area (Å²) in [6, 6.07) is 73.1. The van der Waals surface area contributed by atoms with E-state index >= 15 is 0 Å². The smallest absolute Gasteiger partial charge is 0.136 e. The van der Waals surface area contributed by atoms with Crippen LogP contribution < -0.4 is 4.90 Å². The van der Waals surface area contributed by atoms with Gasteiger partial charge in [0.2, 0.25) is 0 Å². The first-order valence-corrected chi connectivity index (χ1v) is 20.5. The van der Waals surface area contributed by atoms with Crippen LogP contribution in [0.2, 0.25) is 0 Å². The van der Waals surface area contributed by atoms with Crippen LogP contribution in [0.5, 0.6) is 0 Å². The topological polar surface area (TPSA) is 16.4 Å². The lowest BCUT2D eigenvalue weighted by molar-refractivity contribution is 0.660. The maximum atomic E-state index is 6.63. The fourth-order valence-corrected chi connectivity index (χ4v) is 9.96. The van der Waals surface area contributed by atoms with Crippen LogP contribution >= 0.6 is 0 Å². The van der Waals surface area contributed by atoms with Crippen molar-refractivity contribution < 1.29 is 4.42 Å². The third-order valence-corrected chi connectivity index (χ3v) is 12.8. The van der Waals surface area contributed by atoms with Crippen molar-refractivity contribution in [2.24, 2.45) is 0 Å². The predicted molar refractivity (Wildman–Crippen MR) is 248 cm³/mol. The Balaban J connectivity index is 1.08. The summed E-state index contributed by atoms with van der Waals surface area (Å²) in [5.74, 6) is 0. The lowest BCUT2D eigenvalue weighted by atomic mass is 9.81. The highest BCUT2D eigenvalue weighted by molar-refractivity contribution is 6.33. The van der Waals surface area contributed by atoms with Crippen LogP contribution in [0.1, 0.15) is 25.0 Å². The Morgan fingerprint density at radius 3 is 1.71 bits per heavy atom. The van der Waals surface area contributed by atoms with Crippen LogP contribution in [0, 0.1) is 0 Å². The summed E-state index contributed by atoms with van der Waals surface area (Å²) in [5.41, 5.74) is 17.6. The van der Waals surface area contributed by atoms with Crippen LogP contribution in [0.15, 0.2) is 205 Å². The zero-order valence-corrected chi connectivity index (χ0v) is 32.9. The van der Waals surface area contributed by atoms with Gasteiger partial charge < -0.3 is 9.32 Å². The van der Waals surface area contributed by atoms with E-state index in [1.165, 1.54) is 82.4 Å². The van der Waals surface area contributed by atoms with Gasteiger partial charge in [0.05, 0.1) is 0 Å². The molecule has 10 aromatic carbocycles. The molecule has 278 valence electrons. The first-order chi connectivity index (χ1) is 29.0. The van der Waals surface area contributed by atoms with E-state index in [2.05, 4.69) is 219 Å². The Labute approximate surface area is 343 Å². The number of nitrogens with zero attached hydrogens (tertiary/aromatic N) is 1. The van der Waals surface area contributed by atoms with Crippen molar-refractivity contribution >= 4 is 60.5 Å². The molecule has 0 N–H and O–H groups in total. The minimum absolute atomic E-state index is 0.188. The molecule has 0 spiro atoms. The molecule has 59 heavy (non-hydrogen) atoms. The number of furan rings is 1. The van der Waals surface area contributed by atoms with Crippen molar-refractivity contribution in [3.63, 3.8) is 0 Å². The van der Waals surface area contributed by atoms with Gasteiger partial charge in [0.15, 0.2) is 0 Å². The summed E-state index contributed by atoms with van der Waals surface area (Å²) < 4.78 is 6.63. The molecule has 0 unspecified atom stereocenters. The molecule has 0 saturated heterocycles. The van der Waals surface area contributed by atoms with Crippen molar-refractivity contribution in [3.05, 3.63) is 211 Å². The third kappa shape index (κ3) is 5.13. The van der Waals surface area contributed by atoms with Crippen LogP contribution in [0.4, 0.5) is 17.1 Å². The number of hydrogen-bond donors (Lipinski definition) is 0. The molecule has 0 saturated carbocycles. The minimum atomic E-state index is -0.188. The quantitative estimate of drug-likeness (QED) is 0.157. The standard InChI is InChI=1S/C57H39NO/c1-57(2)50-22-12-20-44(39-18-10-5-11-19-39)54(50)47-31-29-43(35-51(47)57)58(41-26-24-38(25-27-41)36-14-6-3-7-15-36)42-28-30-45-48(34-42)46-21-13-23-52-55(46)56-49(45)32-40(33-53(56)59-52)37-16-8-4-9-17-37/h3-35H,1-2H3. The maximum absolute atomic E-state index is 6.63. The predicted octanol–water partition coefficient (Wildman–Crippen LogP) is 16.1. The molecule has 1 aromatic heterocycles. The van der Waals surface area contributed by atoms with Crippen molar-refractivity contribution in [3.8, 4) is 44.5 Å². The van der Waals surface area contributed by atoms with Gasteiger partial charge in [-0.1, -0.05) is 159 Å². The summed E-state index contributed by atoms with van der Waals surface area (Å²) in [6.45, 7) is 4.75. The highest BCUT2D eigenvalue weighted by Gasteiger charge is 2.37. The Morgan fingerprint density at radius 2 is 0.966 bits per heavy atom. The molecule has 0 fully saturated rings. The van der Waals surface area contributed by atoms with Crippen molar-refractivity contribution in [2.45, 2.75) is 19.3 Å². The molecule has 2 heteroatoms. The second-order valence-corrected chi connectivity index (χ2v) is 16.5. The first kappa shape index (κ1) is 33.7. The fourth-order valence-electron chi connectivity index (χ4n) is 9.96. The highest BCUT2D eigenvalue weighted by Crippen LogP contribution is 2.54. The Bertz CT molecular complexity index is 3380. The maximum Gasteiger partial charge on any atom is 0.136 e. The van der Waals surface area contributed by atoms with E-state index in [0.717, 1.165) is 33.8 Å². The average molecular weight is 754 g/mol. The zero-order valence-electron chi connectivity index (χ0n) is 32.9. The molecule has 1 heterocycles. The molecule has 2 nitrogen and oxygen atoms in total. The second-order valence-electron chi connectivity index (χ2n) is 16.5. The Kier molecular flexibility index (Phi) is 7.31. The number of benzene rings is 10. The Morgan fingerprint density at radius 1 is 0.356 bits per heavy atom.